The van der Waals surface area contributed by atoms with Crippen LogP contribution in [0.15, 0.2) is 42.2 Å². The average molecular weight is 283 g/mol. The van der Waals surface area contributed by atoms with Crippen molar-refractivity contribution in [2.45, 2.75) is 26.2 Å². The maximum atomic E-state index is 4.45. The van der Waals surface area contributed by atoms with E-state index >= 15 is 0 Å². The normalized spacial score (nSPS) is 12.5. The third-order valence-corrected chi connectivity index (χ3v) is 4.42. The number of rotatable bonds is 4. The molecule has 1 unspecified atom stereocenters. The molecule has 20 heavy (non-hydrogen) atoms. The van der Waals surface area contributed by atoms with Crippen LogP contribution in [0.25, 0.3) is 0 Å². The number of benzene rings is 1. The lowest BCUT2D eigenvalue weighted by molar-refractivity contribution is 0.762. The van der Waals surface area contributed by atoms with Crippen LogP contribution in [0.5, 0.6) is 0 Å². The van der Waals surface area contributed by atoms with Crippen molar-refractivity contribution in [2.24, 2.45) is 0 Å². The van der Waals surface area contributed by atoms with Crippen LogP contribution < -0.4 is 0 Å². The lowest BCUT2D eigenvalue weighted by atomic mass is 9.87. The lowest BCUT2D eigenvalue weighted by Crippen LogP contribution is -2.08. The van der Waals surface area contributed by atoms with Crippen molar-refractivity contribution in [1.82, 2.24) is 14.3 Å². The van der Waals surface area contributed by atoms with E-state index in [4.69, 9.17) is 0 Å². The molecule has 0 aliphatic rings. The van der Waals surface area contributed by atoms with Crippen LogP contribution in [0.2, 0.25) is 0 Å². The Morgan fingerprint density at radius 3 is 2.85 bits per heavy atom. The van der Waals surface area contributed by atoms with E-state index in [9.17, 15) is 0 Å². The fraction of sp³-hybridized carbons (Fsp3) is 0.250. The van der Waals surface area contributed by atoms with E-state index in [0.717, 1.165) is 17.8 Å². The minimum Gasteiger partial charge on any atom is -0.348 e. The largest absolute Gasteiger partial charge is 0.348 e. The predicted molar refractivity (Wildman–Crippen MR) is 82.2 cm³/mol. The summed E-state index contributed by atoms with van der Waals surface area (Å²) in [5.41, 5.74) is 6.30. The Kier molecular flexibility index (Phi) is 3.65. The van der Waals surface area contributed by atoms with Crippen LogP contribution >= 0.6 is 11.5 Å². The molecule has 3 nitrogen and oxygen atoms in total. The summed E-state index contributed by atoms with van der Waals surface area (Å²) in [5, 5.41) is 2.03. The van der Waals surface area contributed by atoms with E-state index in [1.54, 1.807) is 6.33 Å². The molecule has 0 amide bonds. The molecule has 0 aliphatic carbocycles. The van der Waals surface area contributed by atoms with Crippen LogP contribution in [-0.2, 0) is 6.42 Å². The molecule has 1 aromatic carbocycles. The highest BCUT2D eigenvalue weighted by Gasteiger charge is 2.19. The quantitative estimate of drug-likeness (QED) is 0.790. The molecule has 4 heteroatoms. The molecule has 0 spiro atoms. The maximum absolute atomic E-state index is 4.45. The second-order valence-corrected chi connectivity index (χ2v) is 5.71. The zero-order chi connectivity index (χ0) is 13.9. The van der Waals surface area contributed by atoms with Gasteiger partial charge in [-0.1, -0.05) is 18.2 Å². The van der Waals surface area contributed by atoms with Gasteiger partial charge in [-0.15, -0.1) is 0 Å². The van der Waals surface area contributed by atoms with E-state index in [-0.39, 0.29) is 5.92 Å². The first kappa shape index (κ1) is 13.1. The molecule has 0 fully saturated rings. The summed E-state index contributed by atoms with van der Waals surface area (Å²) in [6, 6.07) is 8.59. The molecule has 1 atom stereocenters. The van der Waals surface area contributed by atoms with Gasteiger partial charge in [-0.25, -0.2) is 4.98 Å². The zero-order valence-corrected chi connectivity index (χ0v) is 12.4. The van der Waals surface area contributed by atoms with E-state index in [1.165, 1.54) is 28.2 Å². The van der Waals surface area contributed by atoms with Crippen LogP contribution in [-0.4, -0.2) is 14.3 Å². The molecule has 3 rings (SSSR count). The molecule has 3 aromatic rings. The van der Waals surface area contributed by atoms with Gasteiger partial charge in [-0.05, 0) is 48.1 Å². The van der Waals surface area contributed by atoms with Crippen molar-refractivity contribution >= 4 is 11.5 Å². The van der Waals surface area contributed by atoms with Crippen molar-refractivity contribution in [3.8, 4) is 0 Å². The third kappa shape index (κ3) is 2.51. The highest BCUT2D eigenvalue weighted by Crippen LogP contribution is 2.30. The van der Waals surface area contributed by atoms with Crippen LogP contribution in [0.4, 0.5) is 0 Å². The van der Waals surface area contributed by atoms with Gasteiger partial charge < -0.3 is 4.98 Å². The Morgan fingerprint density at radius 2 is 2.15 bits per heavy atom. The fourth-order valence-corrected chi connectivity index (χ4v) is 3.10. The van der Waals surface area contributed by atoms with E-state index in [1.807, 2.05) is 11.6 Å². The Morgan fingerprint density at radius 1 is 1.25 bits per heavy atom. The van der Waals surface area contributed by atoms with Gasteiger partial charge >= 0.3 is 0 Å². The molecule has 0 saturated heterocycles. The Labute approximate surface area is 122 Å². The first-order chi connectivity index (χ1) is 9.75. The number of nitrogens with zero attached hydrogens (tertiary/aromatic N) is 2. The number of nitrogens with one attached hydrogen (secondary N) is 1. The molecule has 0 radical (unpaired) electrons. The van der Waals surface area contributed by atoms with Gasteiger partial charge in [-0.3, -0.25) is 0 Å². The second kappa shape index (κ2) is 5.59. The van der Waals surface area contributed by atoms with Gasteiger partial charge in [0.2, 0.25) is 0 Å². The maximum Gasteiger partial charge on any atom is 0.0921 e. The molecular weight excluding hydrogens is 266 g/mol. The zero-order valence-electron chi connectivity index (χ0n) is 11.6. The summed E-state index contributed by atoms with van der Waals surface area (Å²) < 4.78 is 4.45. The Balaban J connectivity index is 2.03. The summed E-state index contributed by atoms with van der Waals surface area (Å²) in [5.74, 6) is 0.277. The average Bonchev–Trinajstić information content (AvgIpc) is 3.11. The second-order valence-electron chi connectivity index (χ2n) is 5.04. The number of hydrogen-bond donors (Lipinski definition) is 1. The van der Waals surface area contributed by atoms with E-state index < -0.39 is 0 Å². The number of aromatic nitrogens is 3. The molecule has 2 aromatic heterocycles. The molecule has 102 valence electrons. The molecule has 1 N–H and O–H groups in total. The first-order valence-electron chi connectivity index (χ1n) is 6.69. The standard InChI is InChI=1S/C16H17N3S/c1-11-4-3-5-14(12(11)2)15(16-9-17-10-18-16)8-13-6-7-20-19-13/h3-7,9-10,15H,8H2,1-2H3,(H,17,18). The Hall–Kier alpha value is -1.94. The summed E-state index contributed by atoms with van der Waals surface area (Å²) in [4.78, 5) is 7.44. The lowest BCUT2D eigenvalue weighted by Gasteiger charge is -2.18. The summed E-state index contributed by atoms with van der Waals surface area (Å²) >= 11 is 1.51. The third-order valence-electron chi connectivity index (χ3n) is 3.82. The van der Waals surface area contributed by atoms with Gasteiger partial charge in [0.05, 0.1) is 12.0 Å². The summed E-state index contributed by atoms with van der Waals surface area (Å²) in [7, 11) is 0. The van der Waals surface area contributed by atoms with Crippen molar-refractivity contribution in [3.63, 3.8) is 0 Å². The number of aryl methyl sites for hydroxylation is 1. The van der Waals surface area contributed by atoms with Gasteiger partial charge in [0.15, 0.2) is 0 Å². The van der Waals surface area contributed by atoms with E-state index in [0.29, 0.717) is 0 Å². The van der Waals surface area contributed by atoms with Gasteiger partial charge in [-0.2, -0.15) is 4.37 Å². The van der Waals surface area contributed by atoms with Gasteiger partial charge in [0, 0.05) is 29.6 Å². The van der Waals surface area contributed by atoms with Gasteiger partial charge in [0.25, 0.3) is 0 Å². The molecule has 2 heterocycles. The topological polar surface area (TPSA) is 41.6 Å². The molecule has 0 bridgehead atoms. The van der Waals surface area contributed by atoms with Crippen molar-refractivity contribution in [3.05, 3.63) is 70.2 Å². The number of imidazole rings is 1. The van der Waals surface area contributed by atoms with Crippen molar-refractivity contribution in [1.29, 1.82) is 0 Å². The summed E-state index contributed by atoms with van der Waals surface area (Å²) in [6.07, 6.45) is 4.56. The number of H-pyrrole nitrogens is 1. The molecular formula is C16H17N3S. The minimum atomic E-state index is 0.277. The van der Waals surface area contributed by atoms with Crippen LogP contribution in [0.1, 0.15) is 34.0 Å². The highest BCUT2D eigenvalue weighted by atomic mass is 32.1. The van der Waals surface area contributed by atoms with Crippen molar-refractivity contribution < 1.29 is 0 Å². The van der Waals surface area contributed by atoms with Crippen LogP contribution in [0, 0.1) is 13.8 Å². The number of hydrogen-bond acceptors (Lipinski definition) is 3. The fourth-order valence-electron chi connectivity index (χ4n) is 2.55. The SMILES string of the molecule is Cc1cccc(C(Cc2ccsn2)c2cnc[nH]2)c1C. The van der Waals surface area contributed by atoms with E-state index in [2.05, 4.69) is 52.5 Å². The van der Waals surface area contributed by atoms with Crippen LogP contribution in [0.3, 0.4) is 0 Å². The monoisotopic (exact) mass is 283 g/mol. The molecule has 0 aliphatic heterocycles. The van der Waals surface area contributed by atoms with Gasteiger partial charge in [0.1, 0.15) is 0 Å². The summed E-state index contributed by atoms with van der Waals surface area (Å²) in [6.45, 7) is 4.35. The predicted octanol–water partition coefficient (Wildman–Crippen LogP) is 3.86. The smallest absolute Gasteiger partial charge is 0.0921 e. The highest BCUT2D eigenvalue weighted by molar-refractivity contribution is 7.03. The minimum absolute atomic E-state index is 0.277. The first-order valence-corrected chi connectivity index (χ1v) is 7.53. The Bertz CT molecular complexity index is 672. The van der Waals surface area contributed by atoms with Crippen molar-refractivity contribution in [2.75, 3.05) is 0 Å². The molecule has 0 saturated carbocycles. The number of aromatic amines is 1.